The zero-order chi connectivity index (χ0) is 94.8. The van der Waals surface area contributed by atoms with Crippen LogP contribution >= 0.6 is 11.6 Å². The van der Waals surface area contributed by atoms with E-state index in [4.69, 9.17) is 69.5 Å². The Morgan fingerprint density at radius 2 is 0.713 bits per heavy atom. The van der Waals surface area contributed by atoms with Crippen molar-refractivity contribution in [1.29, 1.82) is 0 Å². The van der Waals surface area contributed by atoms with E-state index in [0.29, 0.717) is 48.8 Å². The van der Waals surface area contributed by atoms with Gasteiger partial charge < -0.3 is 42.8 Å². The smallest absolute Gasteiger partial charge is 0.338 e. The van der Waals surface area contributed by atoms with E-state index in [-0.39, 0.29) is 23.6 Å². The lowest BCUT2D eigenvalue weighted by Crippen LogP contribution is -2.45. The highest BCUT2D eigenvalue weighted by atomic mass is 35.5. The SMILES string of the molecule is CCc1ccccc1C[C@]1(C(=O)OC)N=C(c2ccccc2)O[C@H]1c1ccccc1.COC(=O)[C@@]1(Cc2cccc(C)c2)N=C(c2ccccc2)O[C@H]1c1ccccc1.COC(=O)[C@@]1(Cc2ccccc2C)N=C(c2ccccc2)O[C@H]1c1ccccc1.C[C@@H]1N=C(c2ccccc2)O[C@]12C(=O)N(C)c1ccccc12.C[C@@]1(Cc2ccc(Cl)cc2)N=C(c2ccccc2)O[C@H]1c1ccccc1. The number of anilines is 1. The standard InChI is InChI=1S/C26H25NO3.2C25H23NO3.C23H20ClNO.C18H16N2O2/c1-3-19-12-10-11-17-22(19)18-26(25(28)29-2)23(20-13-6-4-7-14-20)30-24(27-26)21-15-8-5-9-16-21;1-18-10-9-11-19(16-18)17-25(24(27)28-2)22(20-12-5-3-6-13-20)29-23(26-25)21-14-7-4-8-15-21;1-18-11-9-10-16-21(18)17-25(24(27)28-2)22(19-12-5-3-6-13-19)29-23(26-25)20-14-7-4-8-15-20;1-23(16-17-12-14-20(24)15-13-17)21(18-8-4-2-5-9-18)26-22(25-23)19-10-6-3-7-11-19;1-12-18(22-16(19-12)13-8-4-3-5-9-13)14-10-6-7-11-15(14)20(2)17(18)21/h4-17,23H,3,18H2,1-2H3;2*3-16,22H,17H2,1-2H3;2-15,21H,16H2,1H3;3-12H,1-2H3/t23-,26-;2*22-,25-;21-,23-;12-,18+/m00000/s1. The summed E-state index contributed by atoms with van der Waals surface area (Å²) in [5, 5.41) is 0.745. The van der Waals surface area contributed by atoms with E-state index < -0.39 is 58.4 Å². The Hall–Kier alpha value is -15.4. The maximum atomic E-state index is 13.3. The highest BCUT2D eigenvalue weighted by Gasteiger charge is 2.61. The molecule has 0 bridgehead atoms. The number of likely N-dealkylation sites (N-methyl/N-ethyl adjacent to an activating group) is 1. The van der Waals surface area contributed by atoms with Gasteiger partial charge in [0, 0.05) is 71.1 Å². The van der Waals surface area contributed by atoms with E-state index in [1.165, 1.54) is 32.5 Å². The molecule has 0 aromatic heterocycles. The average Bonchev–Trinajstić information content (AvgIpc) is 1.55. The first-order valence-corrected chi connectivity index (χ1v) is 45.9. The number of ether oxygens (including phenoxy) is 8. The summed E-state index contributed by atoms with van der Waals surface area (Å²) in [5.74, 6) is 1.35. The number of hydrogen-bond donors (Lipinski definition) is 0. The third-order valence-electron chi connectivity index (χ3n) is 25.3. The summed E-state index contributed by atoms with van der Waals surface area (Å²) in [6.07, 6.45) is 0.970. The van der Waals surface area contributed by atoms with Crippen LogP contribution in [0, 0.1) is 13.8 Å². The molecule has 1 spiro atoms. The molecule has 0 radical (unpaired) electrons. The monoisotopic (exact) mass is 1820 g/mol. The fourth-order valence-electron chi connectivity index (χ4n) is 18.5. The molecule has 0 saturated carbocycles. The molecule has 14 aromatic rings. The fourth-order valence-corrected chi connectivity index (χ4v) is 18.6. The van der Waals surface area contributed by atoms with Crippen molar-refractivity contribution >= 4 is 70.6 Å². The van der Waals surface area contributed by atoms with Crippen LogP contribution in [0.3, 0.4) is 0 Å². The molecule has 1 amide bonds. The van der Waals surface area contributed by atoms with Crippen molar-refractivity contribution in [3.8, 4) is 0 Å². The number of para-hydroxylation sites is 1. The molecule has 6 aliphatic heterocycles. The summed E-state index contributed by atoms with van der Waals surface area (Å²) in [7, 11) is 6.00. The topological polar surface area (TPSA) is 207 Å². The van der Waals surface area contributed by atoms with Crippen LogP contribution in [-0.2, 0) is 94.8 Å². The van der Waals surface area contributed by atoms with Gasteiger partial charge in [0.2, 0.25) is 51.7 Å². The minimum atomic E-state index is -1.20. The highest BCUT2D eigenvalue weighted by Crippen LogP contribution is 2.51. The number of fused-ring (bicyclic) bond motifs is 2. The molecular formula is C117H107ClN6O12. The molecule has 20 rings (SSSR count). The van der Waals surface area contributed by atoms with Gasteiger partial charge in [0.25, 0.3) is 5.91 Å². The van der Waals surface area contributed by atoms with Gasteiger partial charge in [0.15, 0.2) is 24.4 Å². The normalized spacial score (nSPS) is 21.7. The molecule has 0 unspecified atom stereocenters. The van der Waals surface area contributed by atoms with Gasteiger partial charge in [-0.3, -0.25) is 4.79 Å². The molecule has 14 aromatic carbocycles. The van der Waals surface area contributed by atoms with Crippen molar-refractivity contribution < 1.29 is 57.1 Å². The number of methoxy groups -OCH3 is 3. The summed E-state index contributed by atoms with van der Waals surface area (Å²) < 4.78 is 47.4. The first kappa shape index (κ1) is 93.8. The summed E-state index contributed by atoms with van der Waals surface area (Å²) in [6, 6.07) is 128. The Morgan fingerprint density at radius 1 is 0.368 bits per heavy atom. The van der Waals surface area contributed by atoms with E-state index in [2.05, 4.69) is 61.3 Å². The van der Waals surface area contributed by atoms with Crippen molar-refractivity contribution in [2.24, 2.45) is 25.0 Å². The average molecular weight is 1820 g/mol. The molecule has 0 fully saturated rings. The first-order chi connectivity index (χ1) is 66.2. The molecule has 18 nitrogen and oxygen atoms in total. The van der Waals surface area contributed by atoms with Crippen molar-refractivity contribution in [1.82, 2.24) is 0 Å². The number of rotatable bonds is 21. The van der Waals surface area contributed by atoms with Crippen LogP contribution in [0.4, 0.5) is 5.69 Å². The zero-order valence-corrected chi connectivity index (χ0v) is 78.2. The zero-order valence-electron chi connectivity index (χ0n) is 77.4. The lowest BCUT2D eigenvalue weighted by atomic mass is 9.81. The van der Waals surface area contributed by atoms with Crippen LogP contribution in [0.15, 0.2) is 419 Å². The van der Waals surface area contributed by atoms with E-state index in [0.717, 1.165) is 107 Å². The molecule has 0 N–H and O–H groups in total. The highest BCUT2D eigenvalue weighted by molar-refractivity contribution is 6.30. The number of halogens is 1. The predicted molar refractivity (Wildman–Crippen MR) is 535 cm³/mol. The van der Waals surface area contributed by atoms with Gasteiger partial charge >= 0.3 is 17.9 Å². The van der Waals surface area contributed by atoms with E-state index in [1.54, 1.807) is 11.9 Å². The largest absolute Gasteiger partial charge is 0.467 e. The summed E-state index contributed by atoms with van der Waals surface area (Å²) in [4.78, 5) is 78.5. The molecule has 684 valence electrons. The summed E-state index contributed by atoms with van der Waals surface area (Å²) in [6.45, 7) is 10.3. The second-order valence-corrected chi connectivity index (χ2v) is 34.9. The van der Waals surface area contributed by atoms with Crippen molar-refractivity contribution in [3.63, 3.8) is 0 Å². The molecule has 10 atom stereocenters. The van der Waals surface area contributed by atoms with Gasteiger partial charge in [-0.25, -0.2) is 39.3 Å². The number of nitrogens with zero attached hydrogens (tertiary/aromatic N) is 6. The molecular weight excluding hydrogens is 1720 g/mol. The molecule has 0 aliphatic carbocycles. The third-order valence-corrected chi connectivity index (χ3v) is 25.6. The summed E-state index contributed by atoms with van der Waals surface area (Å²) in [5.41, 5.74) is 12.7. The predicted octanol–water partition coefficient (Wildman–Crippen LogP) is 22.8. The number of carbonyl (C=O) groups is 4. The number of benzene rings is 14. The van der Waals surface area contributed by atoms with Crippen LogP contribution in [0.25, 0.3) is 0 Å². The fraction of sp³-hybridized carbons (Fsp3) is 0.205. The van der Waals surface area contributed by atoms with E-state index in [9.17, 15) is 19.2 Å². The van der Waals surface area contributed by atoms with Crippen LogP contribution < -0.4 is 4.90 Å². The molecule has 136 heavy (non-hydrogen) atoms. The second-order valence-electron chi connectivity index (χ2n) is 34.4. The lowest BCUT2D eigenvalue weighted by Gasteiger charge is -2.30. The van der Waals surface area contributed by atoms with Crippen LogP contribution in [0.2, 0.25) is 5.02 Å². The van der Waals surface area contributed by atoms with Gasteiger partial charge in [0.1, 0.15) is 11.6 Å². The number of aliphatic imine (C=N–C) groups is 5. The Kier molecular flexibility index (Phi) is 29.1. The van der Waals surface area contributed by atoms with Crippen molar-refractivity contribution in [3.05, 3.63) is 494 Å². The van der Waals surface area contributed by atoms with E-state index >= 15 is 0 Å². The molecule has 6 aliphatic rings. The Morgan fingerprint density at radius 3 is 1.12 bits per heavy atom. The minimum Gasteiger partial charge on any atom is -0.467 e. The summed E-state index contributed by atoms with van der Waals surface area (Å²) >= 11 is 6.04. The number of aryl methyl sites for hydroxylation is 3. The number of carbonyl (C=O) groups excluding carboxylic acids is 4. The number of hydrogen-bond acceptors (Lipinski definition) is 17. The quantitative estimate of drug-likeness (QED) is 0.0486. The molecule has 19 heteroatoms. The number of esters is 3. The number of amides is 1. The Bertz CT molecular complexity index is 6670. The van der Waals surface area contributed by atoms with Gasteiger partial charge in [-0.1, -0.05) is 340 Å². The van der Waals surface area contributed by atoms with Crippen LogP contribution in [0.1, 0.15) is 140 Å². The Balaban J connectivity index is 0.000000124. The minimum absolute atomic E-state index is 0.0594. The Labute approximate surface area is 799 Å². The lowest BCUT2D eigenvalue weighted by molar-refractivity contribution is -0.150. The van der Waals surface area contributed by atoms with Crippen LogP contribution in [-0.4, -0.2) is 110 Å². The van der Waals surface area contributed by atoms with E-state index in [1.807, 2.05) is 373 Å². The first-order valence-electron chi connectivity index (χ1n) is 45.6. The maximum absolute atomic E-state index is 13.3. The van der Waals surface area contributed by atoms with Gasteiger partial charge in [-0.2, -0.15) is 0 Å². The van der Waals surface area contributed by atoms with Crippen LogP contribution in [0.5, 0.6) is 0 Å². The molecule has 0 saturated heterocycles. The van der Waals surface area contributed by atoms with Gasteiger partial charge in [0.05, 0.1) is 27.0 Å². The molecule has 6 heterocycles. The second kappa shape index (κ2) is 42.2. The van der Waals surface area contributed by atoms with Gasteiger partial charge in [-0.15, -0.1) is 0 Å². The van der Waals surface area contributed by atoms with Gasteiger partial charge in [-0.05, 0) is 169 Å². The van der Waals surface area contributed by atoms with Crippen molar-refractivity contribution in [2.75, 3.05) is 33.3 Å². The maximum Gasteiger partial charge on any atom is 0.338 e. The van der Waals surface area contributed by atoms with Crippen molar-refractivity contribution in [2.45, 2.75) is 125 Å². The third kappa shape index (κ3) is 20.0.